The first-order valence-corrected chi connectivity index (χ1v) is 17.5. The summed E-state index contributed by atoms with van der Waals surface area (Å²) in [5.74, 6) is 1.35. The Morgan fingerprint density at radius 3 is 1.42 bits per heavy atom. The van der Waals surface area contributed by atoms with Crippen LogP contribution in [0.3, 0.4) is 0 Å². The number of aldehydes is 2. The van der Waals surface area contributed by atoms with E-state index in [1.165, 1.54) is 0 Å². The van der Waals surface area contributed by atoms with E-state index in [2.05, 4.69) is 45.3 Å². The second kappa shape index (κ2) is 15.3. The van der Waals surface area contributed by atoms with Crippen molar-refractivity contribution in [3.8, 4) is 23.0 Å². The van der Waals surface area contributed by atoms with Crippen molar-refractivity contribution in [2.45, 2.75) is 71.8 Å². The fraction of sp³-hybridized carbons (Fsp3) is 0.244. The second-order valence-corrected chi connectivity index (χ2v) is 15.6. The van der Waals surface area contributed by atoms with Crippen molar-refractivity contribution in [1.82, 2.24) is 5.32 Å². The molecule has 0 saturated heterocycles. The lowest BCUT2D eigenvalue weighted by molar-refractivity contribution is 0.0914. The Bertz CT molecular complexity index is 2140. The van der Waals surface area contributed by atoms with Crippen molar-refractivity contribution in [3.63, 3.8) is 0 Å². The van der Waals surface area contributed by atoms with E-state index >= 15 is 0 Å². The van der Waals surface area contributed by atoms with Crippen LogP contribution in [0, 0.1) is 0 Å². The van der Waals surface area contributed by atoms with E-state index in [0.717, 1.165) is 16.7 Å². The highest BCUT2D eigenvalue weighted by Crippen LogP contribution is 2.35. The van der Waals surface area contributed by atoms with Gasteiger partial charge in [0.1, 0.15) is 23.0 Å². The van der Waals surface area contributed by atoms with Crippen molar-refractivity contribution in [1.29, 1.82) is 0 Å². The van der Waals surface area contributed by atoms with Crippen LogP contribution < -0.4 is 20.1 Å². The highest BCUT2D eigenvalue weighted by molar-refractivity contribution is 6.09. The average molecular weight is 711 g/mol. The smallest absolute Gasteiger partial charge is 0.256 e. The van der Waals surface area contributed by atoms with Gasteiger partial charge in [0, 0.05) is 27.8 Å². The summed E-state index contributed by atoms with van der Waals surface area (Å²) >= 11 is 0. The number of hydrogen-bond acceptors (Lipinski definition) is 6. The van der Waals surface area contributed by atoms with E-state index in [0.29, 0.717) is 41.3 Å². The van der Waals surface area contributed by atoms with E-state index in [-0.39, 0.29) is 44.9 Å². The van der Waals surface area contributed by atoms with Gasteiger partial charge < -0.3 is 20.1 Å². The van der Waals surface area contributed by atoms with E-state index in [4.69, 9.17) is 9.47 Å². The van der Waals surface area contributed by atoms with Crippen LogP contribution in [0.4, 0.5) is 5.69 Å². The van der Waals surface area contributed by atoms with Gasteiger partial charge in [0.2, 0.25) is 0 Å². The number of rotatable bonds is 11. The van der Waals surface area contributed by atoms with Crippen LogP contribution in [-0.4, -0.2) is 29.9 Å². The first-order chi connectivity index (χ1) is 25.0. The summed E-state index contributed by atoms with van der Waals surface area (Å²) in [5.41, 5.74) is 3.99. The molecule has 0 atom stereocenters. The maximum absolute atomic E-state index is 13.1. The molecule has 2 amide bonds. The van der Waals surface area contributed by atoms with Crippen LogP contribution in [0.5, 0.6) is 23.0 Å². The highest BCUT2D eigenvalue weighted by Gasteiger charge is 2.24. The molecule has 0 aliphatic rings. The number of benzene rings is 5. The fourth-order valence-corrected chi connectivity index (χ4v) is 5.81. The summed E-state index contributed by atoms with van der Waals surface area (Å²) < 4.78 is 12.1. The Morgan fingerprint density at radius 1 is 0.528 bits per heavy atom. The zero-order valence-electron chi connectivity index (χ0n) is 31.5. The largest absolute Gasteiger partial charge is 0.457 e. The average Bonchev–Trinajstić information content (AvgIpc) is 3.11. The summed E-state index contributed by atoms with van der Waals surface area (Å²) in [6, 6.07) is 32.8. The minimum absolute atomic E-state index is 0.0718. The Labute approximate surface area is 311 Å². The predicted molar refractivity (Wildman–Crippen MR) is 209 cm³/mol. The van der Waals surface area contributed by atoms with Gasteiger partial charge in [-0.3, -0.25) is 19.2 Å². The van der Waals surface area contributed by atoms with E-state index < -0.39 is 5.54 Å². The molecular formula is C45H46N2O6. The first kappa shape index (κ1) is 38.2. The molecule has 2 N–H and O–H groups in total. The standard InChI is InChI=1S/C45H46N2O6/c1-43(2,3)33-10-9-11-34(26-33)46-41(50)39-22-20-37(24-29(39)27-48)52-35-16-12-31(13-17-35)45(7,8)32-14-18-36(19-15-32)53-38-21-23-40(30(25-38)28-49)42(51)47-44(4,5)6/h9-28H,1-8H3,(H,46,50)(H,47,51). The Morgan fingerprint density at radius 2 is 0.981 bits per heavy atom. The van der Waals surface area contributed by atoms with Crippen LogP contribution >= 0.6 is 0 Å². The molecule has 0 spiro atoms. The molecule has 0 heterocycles. The van der Waals surface area contributed by atoms with Crippen LogP contribution in [0.2, 0.25) is 0 Å². The number of carbonyl (C=O) groups is 4. The summed E-state index contributed by atoms with van der Waals surface area (Å²) in [6.07, 6.45) is 1.31. The van der Waals surface area contributed by atoms with Gasteiger partial charge in [0.25, 0.3) is 11.8 Å². The zero-order valence-corrected chi connectivity index (χ0v) is 31.5. The van der Waals surface area contributed by atoms with E-state index in [1.54, 1.807) is 36.4 Å². The van der Waals surface area contributed by atoms with Crippen molar-refractivity contribution in [2.24, 2.45) is 0 Å². The highest BCUT2D eigenvalue weighted by atomic mass is 16.5. The maximum Gasteiger partial charge on any atom is 0.256 e. The molecular weight excluding hydrogens is 665 g/mol. The molecule has 0 saturated carbocycles. The molecule has 5 aromatic rings. The van der Waals surface area contributed by atoms with E-state index in [1.807, 2.05) is 93.6 Å². The molecule has 0 aromatic heterocycles. The van der Waals surface area contributed by atoms with Crippen LogP contribution in [0.1, 0.15) is 114 Å². The van der Waals surface area contributed by atoms with Crippen molar-refractivity contribution < 1.29 is 28.7 Å². The first-order valence-electron chi connectivity index (χ1n) is 17.5. The van der Waals surface area contributed by atoms with Gasteiger partial charge in [-0.1, -0.05) is 71.0 Å². The Kier molecular flexibility index (Phi) is 11.0. The Hall–Kier alpha value is -6.02. The zero-order chi connectivity index (χ0) is 38.6. The van der Waals surface area contributed by atoms with Gasteiger partial charge in [0.05, 0.1) is 11.1 Å². The van der Waals surface area contributed by atoms with E-state index in [9.17, 15) is 19.2 Å². The number of nitrogens with one attached hydrogen (secondary N) is 2. The van der Waals surface area contributed by atoms with Gasteiger partial charge in [-0.15, -0.1) is 0 Å². The molecule has 0 unspecified atom stereocenters. The topological polar surface area (TPSA) is 111 Å². The lowest BCUT2D eigenvalue weighted by Gasteiger charge is -2.26. The van der Waals surface area contributed by atoms with Crippen LogP contribution in [0.15, 0.2) is 109 Å². The molecule has 0 bridgehead atoms. The second-order valence-electron chi connectivity index (χ2n) is 15.6. The molecule has 0 radical (unpaired) electrons. The third-order valence-electron chi connectivity index (χ3n) is 8.89. The number of anilines is 1. The van der Waals surface area contributed by atoms with Crippen molar-refractivity contribution in [2.75, 3.05) is 5.32 Å². The molecule has 5 aromatic carbocycles. The monoisotopic (exact) mass is 710 g/mol. The van der Waals surface area contributed by atoms with Gasteiger partial charge in [-0.2, -0.15) is 0 Å². The SMILES string of the molecule is CC(C)(C)NC(=O)c1ccc(Oc2ccc(C(C)(C)c3ccc(Oc4ccc(C(=O)Nc5cccc(C(C)(C)C)c5)c(C=O)c4)cc3)cc2)cc1C=O. The molecule has 0 aliphatic carbocycles. The molecule has 272 valence electrons. The third kappa shape index (κ3) is 9.46. The maximum atomic E-state index is 13.1. The molecule has 8 nitrogen and oxygen atoms in total. The van der Waals surface area contributed by atoms with Crippen LogP contribution in [-0.2, 0) is 10.8 Å². The molecule has 0 fully saturated rings. The van der Waals surface area contributed by atoms with Crippen LogP contribution in [0.25, 0.3) is 0 Å². The normalized spacial score (nSPS) is 11.7. The minimum atomic E-state index is -0.435. The summed E-state index contributed by atoms with van der Waals surface area (Å²) in [7, 11) is 0. The third-order valence-corrected chi connectivity index (χ3v) is 8.89. The van der Waals surface area contributed by atoms with Crippen molar-refractivity contribution in [3.05, 3.63) is 148 Å². The predicted octanol–water partition coefficient (Wildman–Crippen LogP) is 10.3. The van der Waals surface area contributed by atoms with Gasteiger partial charge in [0.15, 0.2) is 12.6 Å². The number of carbonyl (C=O) groups excluding carboxylic acids is 4. The number of hydrogen-bond donors (Lipinski definition) is 2. The lowest BCUT2D eigenvalue weighted by Crippen LogP contribution is -2.40. The molecule has 53 heavy (non-hydrogen) atoms. The van der Waals surface area contributed by atoms with Gasteiger partial charge in [-0.05, 0) is 116 Å². The number of ether oxygens (including phenoxy) is 2. The molecule has 8 heteroatoms. The number of amides is 2. The molecule has 5 rings (SSSR count). The summed E-state index contributed by atoms with van der Waals surface area (Å²) in [4.78, 5) is 49.6. The minimum Gasteiger partial charge on any atom is -0.457 e. The summed E-state index contributed by atoms with van der Waals surface area (Å²) in [5, 5.41) is 5.78. The van der Waals surface area contributed by atoms with Gasteiger partial charge in [-0.25, -0.2) is 0 Å². The quantitative estimate of drug-likeness (QED) is 0.132. The summed E-state index contributed by atoms with van der Waals surface area (Å²) in [6.45, 7) is 16.2. The molecule has 0 aliphatic heterocycles. The lowest BCUT2D eigenvalue weighted by atomic mass is 9.78. The fourth-order valence-electron chi connectivity index (χ4n) is 5.81. The van der Waals surface area contributed by atoms with Gasteiger partial charge >= 0.3 is 0 Å². The Balaban J connectivity index is 1.24. The van der Waals surface area contributed by atoms with Crippen molar-refractivity contribution >= 4 is 30.1 Å².